The van der Waals surface area contributed by atoms with Gasteiger partial charge in [-0.15, -0.1) is 0 Å². The van der Waals surface area contributed by atoms with Gasteiger partial charge in [0.15, 0.2) is 0 Å². The highest BCUT2D eigenvalue weighted by molar-refractivity contribution is 4.56. The second-order valence-corrected chi connectivity index (χ2v) is 3.57. The zero-order valence-electron chi connectivity index (χ0n) is 8.76. The van der Waals surface area contributed by atoms with Crippen LogP contribution in [0.2, 0.25) is 0 Å². The summed E-state index contributed by atoms with van der Waals surface area (Å²) in [6.07, 6.45) is 0. The minimum Gasteiger partial charge on any atom is -0.384 e. The van der Waals surface area contributed by atoms with Crippen molar-refractivity contribution in [2.75, 3.05) is 47.4 Å². The fraction of sp³-hybridized carbons (Fsp3) is 1.00. The molecule has 0 aromatic rings. The fourth-order valence-electron chi connectivity index (χ4n) is 0.995. The Hall–Kier alpha value is -0.120. The third kappa shape index (κ3) is 7.98. The summed E-state index contributed by atoms with van der Waals surface area (Å²) < 4.78 is 5.03. The van der Waals surface area contributed by atoms with Crippen molar-refractivity contribution in [1.82, 2.24) is 10.2 Å². The van der Waals surface area contributed by atoms with Crippen LogP contribution in [0.3, 0.4) is 0 Å². The third-order valence-corrected chi connectivity index (χ3v) is 1.68. The molecule has 0 aliphatic heterocycles. The number of methoxy groups -OCH3 is 1. The molecule has 0 fully saturated rings. The first-order valence-electron chi connectivity index (χ1n) is 4.51. The first-order valence-corrected chi connectivity index (χ1v) is 4.51. The summed E-state index contributed by atoms with van der Waals surface area (Å²) in [5.41, 5.74) is 0. The van der Waals surface area contributed by atoms with Crippen molar-refractivity contribution in [3.05, 3.63) is 0 Å². The lowest BCUT2D eigenvalue weighted by Crippen LogP contribution is -2.30. The van der Waals surface area contributed by atoms with E-state index in [4.69, 9.17) is 4.74 Å². The summed E-state index contributed by atoms with van der Waals surface area (Å²) in [5, 5.41) is 3.38. The van der Waals surface area contributed by atoms with Crippen molar-refractivity contribution >= 4 is 0 Å². The predicted octanol–water partition coefficient (Wildman–Crippen LogP) is 0.420. The lowest BCUT2D eigenvalue weighted by atomic mass is 10.2. The third-order valence-electron chi connectivity index (χ3n) is 1.68. The summed E-state index contributed by atoms with van der Waals surface area (Å²) in [6, 6.07) is 0. The van der Waals surface area contributed by atoms with Gasteiger partial charge in [0.05, 0.1) is 0 Å². The zero-order valence-corrected chi connectivity index (χ0v) is 8.76. The molecule has 3 nitrogen and oxygen atoms in total. The molecule has 0 aromatic heterocycles. The van der Waals surface area contributed by atoms with E-state index in [1.165, 1.54) is 0 Å². The van der Waals surface area contributed by atoms with Crippen LogP contribution in [0.1, 0.15) is 6.92 Å². The normalized spacial score (nSPS) is 13.8. The van der Waals surface area contributed by atoms with E-state index in [2.05, 4.69) is 31.2 Å². The summed E-state index contributed by atoms with van der Waals surface area (Å²) in [6.45, 7) is 6.23. The Labute approximate surface area is 76.1 Å². The van der Waals surface area contributed by atoms with Crippen LogP contribution in [0.15, 0.2) is 0 Å². The van der Waals surface area contributed by atoms with Gasteiger partial charge < -0.3 is 15.0 Å². The van der Waals surface area contributed by atoms with E-state index < -0.39 is 0 Å². The van der Waals surface area contributed by atoms with Gasteiger partial charge in [-0.2, -0.15) is 0 Å². The number of nitrogens with one attached hydrogen (secondary N) is 1. The van der Waals surface area contributed by atoms with E-state index in [1.807, 2.05) is 0 Å². The minimum absolute atomic E-state index is 0.608. The van der Waals surface area contributed by atoms with Crippen LogP contribution in [0.25, 0.3) is 0 Å². The van der Waals surface area contributed by atoms with Gasteiger partial charge in [-0.05, 0) is 26.6 Å². The van der Waals surface area contributed by atoms with Crippen molar-refractivity contribution < 1.29 is 4.74 Å². The lowest BCUT2D eigenvalue weighted by Gasteiger charge is -2.13. The molecule has 0 heterocycles. The molecule has 1 unspecified atom stereocenters. The van der Waals surface area contributed by atoms with Gasteiger partial charge in [0.1, 0.15) is 0 Å². The molecular formula is C9H22N2O. The molecular weight excluding hydrogens is 152 g/mol. The maximum Gasteiger partial charge on any atom is 0.0499 e. The molecule has 0 saturated heterocycles. The largest absolute Gasteiger partial charge is 0.384 e. The average Bonchev–Trinajstić information content (AvgIpc) is 1.98. The standard InChI is InChI=1S/C9H22N2O/c1-9(8-12-4)7-10-5-6-11(2)3/h9-10H,5-8H2,1-4H3. The highest BCUT2D eigenvalue weighted by Crippen LogP contribution is 1.91. The topological polar surface area (TPSA) is 24.5 Å². The summed E-state index contributed by atoms with van der Waals surface area (Å²) >= 11 is 0. The van der Waals surface area contributed by atoms with E-state index >= 15 is 0 Å². The number of likely N-dealkylation sites (N-methyl/N-ethyl adjacent to an activating group) is 1. The Morgan fingerprint density at radius 3 is 2.58 bits per heavy atom. The molecule has 0 spiro atoms. The van der Waals surface area contributed by atoms with Crippen LogP contribution in [-0.2, 0) is 4.74 Å². The first-order chi connectivity index (χ1) is 5.66. The molecule has 0 aliphatic rings. The lowest BCUT2D eigenvalue weighted by molar-refractivity contribution is 0.158. The van der Waals surface area contributed by atoms with Crippen molar-refractivity contribution in [3.63, 3.8) is 0 Å². The van der Waals surface area contributed by atoms with E-state index in [9.17, 15) is 0 Å². The van der Waals surface area contributed by atoms with Crippen LogP contribution < -0.4 is 5.32 Å². The van der Waals surface area contributed by atoms with Crippen molar-refractivity contribution in [2.24, 2.45) is 5.92 Å². The zero-order chi connectivity index (χ0) is 9.40. The van der Waals surface area contributed by atoms with Crippen molar-refractivity contribution in [3.8, 4) is 0 Å². The van der Waals surface area contributed by atoms with Crippen LogP contribution >= 0.6 is 0 Å². The Bertz CT molecular complexity index is 96.5. The maximum absolute atomic E-state index is 5.03. The summed E-state index contributed by atoms with van der Waals surface area (Å²) in [4.78, 5) is 2.17. The van der Waals surface area contributed by atoms with Crippen molar-refractivity contribution in [1.29, 1.82) is 0 Å². The predicted molar refractivity (Wildman–Crippen MR) is 52.5 cm³/mol. The van der Waals surface area contributed by atoms with E-state index in [0.29, 0.717) is 5.92 Å². The quantitative estimate of drug-likeness (QED) is 0.566. The Morgan fingerprint density at radius 1 is 1.42 bits per heavy atom. The SMILES string of the molecule is COCC(C)CNCCN(C)C. The molecule has 1 N–H and O–H groups in total. The minimum atomic E-state index is 0.608. The number of rotatable bonds is 7. The van der Waals surface area contributed by atoms with Gasteiger partial charge in [0, 0.05) is 26.8 Å². The van der Waals surface area contributed by atoms with Gasteiger partial charge in [-0.3, -0.25) is 0 Å². The van der Waals surface area contributed by atoms with E-state index in [-0.39, 0.29) is 0 Å². The number of nitrogens with zero attached hydrogens (tertiary/aromatic N) is 1. The van der Waals surface area contributed by atoms with Crippen LogP contribution in [-0.4, -0.2) is 52.3 Å². The van der Waals surface area contributed by atoms with Gasteiger partial charge >= 0.3 is 0 Å². The van der Waals surface area contributed by atoms with Gasteiger partial charge in [0.2, 0.25) is 0 Å². The van der Waals surface area contributed by atoms with Crippen LogP contribution in [0.4, 0.5) is 0 Å². The number of ether oxygens (including phenoxy) is 1. The molecule has 3 heteroatoms. The smallest absolute Gasteiger partial charge is 0.0499 e. The maximum atomic E-state index is 5.03. The van der Waals surface area contributed by atoms with Gasteiger partial charge in [-0.25, -0.2) is 0 Å². The first kappa shape index (κ1) is 11.9. The Morgan fingerprint density at radius 2 is 2.08 bits per heavy atom. The van der Waals surface area contributed by atoms with Gasteiger partial charge in [0.25, 0.3) is 0 Å². The van der Waals surface area contributed by atoms with Crippen LogP contribution in [0, 0.1) is 5.92 Å². The monoisotopic (exact) mass is 174 g/mol. The summed E-state index contributed by atoms with van der Waals surface area (Å²) in [7, 11) is 5.91. The molecule has 0 rings (SSSR count). The van der Waals surface area contributed by atoms with Crippen LogP contribution in [0.5, 0.6) is 0 Å². The fourth-order valence-corrected chi connectivity index (χ4v) is 0.995. The summed E-state index contributed by atoms with van der Waals surface area (Å²) in [5.74, 6) is 0.608. The molecule has 0 aliphatic carbocycles. The molecule has 12 heavy (non-hydrogen) atoms. The molecule has 0 amide bonds. The Balaban J connectivity index is 3.08. The average molecular weight is 174 g/mol. The Kier molecular flexibility index (Phi) is 7.45. The molecule has 0 radical (unpaired) electrons. The van der Waals surface area contributed by atoms with E-state index in [1.54, 1.807) is 7.11 Å². The molecule has 0 bridgehead atoms. The van der Waals surface area contributed by atoms with Crippen molar-refractivity contribution in [2.45, 2.75) is 6.92 Å². The molecule has 0 saturated carbocycles. The molecule has 0 aromatic carbocycles. The molecule has 1 atom stereocenters. The molecule has 74 valence electrons. The highest BCUT2D eigenvalue weighted by atomic mass is 16.5. The number of hydrogen-bond acceptors (Lipinski definition) is 3. The van der Waals surface area contributed by atoms with Gasteiger partial charge in [-0.1, -0.05) is 6.92 Å². The second-order valence-electron chi connectivity index (χ2n) is 3.57. The highest BCUT2D eigenvalue weighted by Gasteiger charge is 1.99. The van der Waals surface area contributed by atoms with E-state index in [0.717, 1.165) is 26.2 Å². The second kappa shape index (κ2) is 7.53. The number of hydrogen-bond donors (Lipinski definition) is 1.